The number of terminal acetylenes is 1. The molecule has 0 aromatic carbocycles. The highest BCUT2D eigenvalue weighted by molar-refractivity contribution is 5.96. The van der Waals surface area contributed by atoms with E-state index in [1.54, 1.807) is 0 Å². The second-order valence-electron chi connectivity index (χ2n) is 3.27. The number of hydrogen-bond acceptors (Lipinski definition) is 4. The van der Waals surface area contributed by atoms with E-state index in [4.69, 9.17) is 17.3 Å². The van der Waals surface area contributed by atoms with E-state index in [1.807, 2.05) is 0 Å². The summed E-state index contributed by atoms with van der Waals surface area (Å²) in [5.74, 6) is 0.665. The molecule has 0 aliphatic carbocycles. The van der Waals surface area contributed by atoms with Crippen LogP contribution in [-0.2, 0) is 4.79 Å². The summed E-state index contributed by atoms with van der Waals surface area (Å²) in [5, 5.41) is 11.2. The lowest BCUT2D eigenvalue weighted by molar-refractivity contribution is -0.117. The van der Waals surface area contributed by atoms with Crippen molar-refractivity contribution in [3.05, 3.63) is 24.0 Å². The van der Waals surface area contributed by atoms with Gasteiger partial charge in [0, 0.05) is 12.6 Å². The van der Waals surface area contributed by atoms with Crippen LogP contribution in [-0.4, -0.2) is 28.0 Å². The zero-order valence-corrected chi connectivity index (χ0v) is 8.88. The van der Waals surface area contributed by atoms with E-state index >= 15 is 0 Å². The first-order valence-corrected chi connectivity index (χ1v) is 4.73. The third-order valence-electron chi connectivity index (χ3n) is 1.93. The molecule has 0 saturated heterocycles. The number of pyridine rings is 1. The van der Waals surface area contributed by atoms with Gasteiger partial charge in [-0.25, -0.2) is 4.79 Å². The van der Waals surface area contributed by atoms with Crippen molar-refractivity contribution in [1.29, 1.82) is 0 Å². The number of hydrogen-bond donors (Lipinski definition) is 3. The van der Waals surface area contributed by atoms with Gasteiger partial charge in [0.15, 0.2) is 0 Å². The van der Waals surface area contributed by atoms with Crippen LogP contribution in [0.15, 0.2) is 18.5 Å². The van der Waals surface area contributed by atoms with Crippen molar-refractivity contribution in [2.24, 2.45) is 5.73 Å². The van der Waals surface area contributed by atoms with E-state index in [-0.39, 0.29) is 17.7 Å². The molecular formula is C11H11N3O3. The lowest BCUT2D eigenvalue weighted by Crippen LogP contribution is -2.35. The lowest BCUT2D eigenvalue weighted by Gasteiger charge is -2.09. The van der Waals surface area contributed by atoms with E-state index in [1.165, 1.54) is 18.5 Å². The average Bonchev–Trinajstić information content (AvgIpc) is 2.29. The van der Waals surface area contributed by atoms with Gasteiger partial charge in [-0.05, 0) is 6.07 Å². The molecule has 0 radical (unpaired) electrons. The van der Waals surface area contributed by atoms with Gasteiger partial charge in [-0.3, -0.25) is 9.78 Å². The standard InChI is InChI=1S/C11H11N3O3/c1-2-3-9(12)10(15)14-8-4-7(11(16)17)5-13-6-8/h1,4-6,9H,3,12H2,(H,14,15)(H,16,17). The average molecular weight is 233 g/mol. The Labute approximate surface area is 97.8 Å². The lowest BCUT2D eigenvalue weighted by atomic mass is 10.2. The minimum atomic E-state index is -1.12. The fourth-order valence-corrected chi connectivity index (χ4v) is 1.08. The van der Waals surface area contributed by atoms with Gasteiger partial charge in [0.1, 0.15) is 0 Å². The van der Waals surface area contributed by atoms with Crippen LogP contribution in [0.2, 0.25) is 0 Å². The van der Waals surface area contributed by atoms with Gasteiger partial charge in [0.05, 0.1) is 23.5 Å². The molecule has 1 heterocycles. The molecule has 1 aromatic rings. The summed E-state index contributed by atoms with van der Waals surface area (Å²) >= 11 is 0. The van der Waals surface area contributed by atoms with Gasteiger partial charge in [0.2, 0.25) is 5.91 Å². The molecule has 6 heteroatoms. The maximum Gasteiger partial charge on any atom is 0.337 e. The topological polar surface area (TPSA) is 105 Å². The number of aromatic nitrogens is 1. The van der Waals surface area contributed by atoms with Crippen LogP contribution in [0, 0.1) is 12.3 Å². The molecule has 0 fully saturated rings. The molecule has 0 bridgehead atoms. The highest BCUT2D eigenvalue weighted by Crippen LogP contribution is 2.08. The molecule has 88 valence electrons. The van der Waals surface area contributed by atoms with Gasteiger partial charge in [-0.1, -0.05) is 0 Å². The predicted molar refractivity (Wildman–Crippen MR) is 61.3 cm³/mol. The number of carbonyl (C=O) groups is 2. The van der Waals surface area contributed by atoms with Gasteiger partial charge in [-0.15, -0.1) is 12.3 Å². The van der Waals surface area contributed by atoms with E-state index < -0.39 is 17.9 Å². The van der Waals surface area contributed by atoms with E-state index in [9.17, 15) is 9.59 Å². The number of aromatic carboxylic acids is 1. The fraction of sp³-hybridized carbons (Fsp3) is 0.182. The second-order valence-corrected chi connectivity index (χ2v) is 3.27. The molecule has 0 spiro atoms. The Morgan fingerprint density at radius 3 is 2.88 bits per heavy atom. The molecule has 6 nitrogen and oxygen atoms in total. The summed E-state index contributed by atoms with van der Waals surface area (Å²) in [6, 6.07) is 0.462. The first-order chi connectivity index (χ1) is 8.04. The molecule has 1 unspecified atom stereocenters. The normalized spacial score (nSPS) is 11.3. The second kappa shape index (κ2) is 5.63. The number of nitrogens with two attached hydrogens (primary N) is 1. The maximum absolute atomic E-state index is 11.5. The van der Waals surface area contributed by atoms with Crippen LogP contribution in [0.3, 0.4) is 0 Å². The van der Waals surface area contributed by atoms with Gasteiger partial charge in [-0.2, -0.15) is 0 Å². The van der Waals surface area contributed by atoms with Crippen molar-refractivity contribution in [2.45, 2.75) is 12.5 Å². The molecule has 17 heavy (non-hydrogen) atoms. The van der Waals surface area contributed by atoms with Crippen molar-refractivity contribution >= 4 is 17.6 Å². The van der Waals surface area contributed by atoms with Crippen LogP contribution in [0.1, 0.15) is 16.8 Å². The molecular weight excluding hydrogens is 222 g/mol. The number of amides is 1. The Hall–Kier alpha value is -2.39. The Balaban J connectivity index is 2.75. The van der Waals surface area contributed by atoms with E-state index in [0.29, 0.717) is 0 Å². The SMILES string of the molecule is C#CCC(N)C(=O)Nc1cncc(C(=O)O)c1. The number of carboxylic acid groups (broad SMARTS) is 1. The van der Waals surface area contributed by atoms with E-state index in [2.05, 4.69) is 16.2 Å². The summed E-state index contributed by atoms with van der Waals surface area (Å²) < 4.78 is 0. The van der Waals surface area contributed by atoms with Gasteiger partial charge < -0.3 is 16.2 Å². The summed E-state index contributed by atoms with van der Waals surface area (Å²) in [4.78, 5) is 25.8. The number of nitrogens with zero attached hydrogens (tertiary/aromatic N) is 1. The van der Waals surface area contributed by atoms with Crippen LogP contribution in [0.25, 0.3) is 0 Å². The highest BCUT2D eigenvalue weighted by Gasteiger charge is 2.13. The largest absolute Gasteiger partial charge is 0.478 e. The molecule has 1 aromatic heterocycles. The van der Waals surface area contributed by atoms with Crippen LogP contribution in [0.4, 0.5) is 5.69 Å². The smallest absolute Gasteiger partial charge is 0.337 e. The Morgan fingerprint density at radius 2 is 2.29 bits per heavy atom. The zero-order valence-electron chi connectivity index (χ0n) is 8.88. The van der Waals surface area contributed by atoms with Crippen LogP contribution in [0.5, 0.6) is 0 Å². The molecule has 0 aliphatic heterocycles. The highest BCUT2D eigenvalue weighted by atomic mass is 16.4. The molecule has 1 amide bonds. The van der Waals surface area contributed by atoms with Crippen LogP contribution >= 0.6 is 0 Å². The first kappa shape index (κ1) is 12.7. The van der Waals surface area contributed by atoms with Crippen molar-refractivity contribution in [3.63, 3.8) is 0 Å². The Kier molecular flexibility index (Phi) is 4.20. The third-order valence-corrected chi connectivity index (χ3v) is 1.93. The van der Waals surface area contributed by atoms with Crippen molar-refractivity contribution in [1.82, 2.24) is 4.98 Å². The Morgan fingerprint density at radius 1 is 1.59 bits per heavy atom. The fourth-order valence-electron chi connectivity index (χ4n) is 1.08. The zero-order chi connectivity index (χ0) is 12.8. The van der Waals surface area contributed by atoms with Crippen molar-refractivity contribution in [3.8, 4) is 12.3 Å². The van der Waals surface area contributed by atoms with Crippen LogP contribution < -0.4 is 11.1 Å². The third kappa shape index (κ3) is 3.59. The van der Waals surface area contributed by atoms with Gasteiger partial charge in [0.25, 0.3) is 0 Å². The minimum absolute atomic E-state index is 0.0201. The number of rotatable bonds is 4. The van der Waals surface area contributed by atoms with Gasteiger partial charge >= 0.3 is 5.97 Å². The van der Waals surface area contributed by atoms with Crippen molar-refractivity contribution < 1.29 is 14.7 Å². The summed E-state index contributed by atoms with van der Waals surface area (Å²) in [5.41, 5.74) is 5.73. The molecule has 1 rings (SSSR count). The number of nitrogens with one attached hydrogen (secondary N) is 1. The predicted octanol–water partition coefficient (Wildman–Crippen LogP) is 0.0689. The monoisotopic (exact) mass is 233 g/mol. The summed E-state index contributed by atoms with van der Waals surface area (Å²) in [6.45, 7) is 0. The maximum atomic E-state index is 11.5. The van der Waals surface area contributed by atoms with Crippen molar-refractivity contribution in [2.75, 3.05) is 5.32 Å². The number of carboxylic acids is 1. The first-order valence-electron chi connectivity index (χ1n) is 4.73. The molecule has 0 aliphatic rings. The minimum Gasteiger partial charge on any atom is -0.478 e. The molecule has 4 N–H and O–H groups in total. The molecule has 1 atom stereocenters. The summed E-state index contributed by atoms with van der Waals surface area (Å²) in [7, 11) is 0. The quantitative estimate of drug-likeness (QED) is 0.638. The molecule has 0 saturated carbocycles. The van der Waals surface area contributed by atoms with E-state index in [0.717, 1.165) is 0 Å². The Bertz CT molecular complexity index is 479. The number of carbonyl (C=O) groups excluding carboxylic acids is 1. The number of anilines is 1. The summed E-state index contributed by atoms with van der Waals surface area (Å²) in [6.07, 6.45) is 7.64.